The molecule has 0 radical (unpaired) electrons. The zero-order valence-electron chi connectivity index (χ0n) is 10.9. The third-order valence-electron chi connectivity index (χ3n) is 2.71. The Labute approximate surface area is 125 Å². The summed E-state index contributed by atoms with van der Waals surface area (Å²) in [6, 6.07) is 9.40. The number of nitrogens with one attached hydrogen (secondary N) is 1. The maximum absolute atomic E-state index is 12.1. The normalized spacial score (nSPS) is 10.9. The van der Waals surface area contributed by atoms with Crippen molar-refractivity contribution in [2.24, 2.45) is 0 Å². The van der Waals surface area contributed by atoms with Gasteiger partial charge in [-0.2, -0.15) is 0 Å². The molecular formula is C13H9N2O6S-. The van der Waals surface area contributed by atoms with Crippen molar-refractivity contribution in [1.29, 1.82) is 0 Å². The standard InChI is InChI=1S/C13H10N2O6S/c16-13(17)9-2-1-3-10(8-9)14-22(20,21)12-6-4-11(5-7-12)15(18)19/h1-8,14H,(H,16,17)/p-1. The second-order valence-electron chi connectivity index (χ2n) is 4.22. The van der Waals surface area contributed by atoms with Crippen LogP contribution in [0.4, 0.5) is 11.4 Å². The third kappa shape index (κ3) is 3.38. The van der Waals surface area contributed by atoms with Gasteiger partial charge < -0.3 is 9.90 Å². The Morgan fingerprint density at radius 1 is 1.09 bits per heavy atom. The lowest BCUT2D eigenvalue weighted by Crippen LogP contribution is -2.22. The molecule has 0 amide bonds. The van der Waals surface area contributed by atoms with E-state index in [0.717, 1.165) is 30.3 Å². The van der Waals surface area contributed by atoms with Crippen LogP contribution in [0, 0.1) is 10.1 Å². The molecule has 2 rings (SSSR count). The van der Waals surface area contributed by atoms with Gasteiger partial charge in [0.1, 0.15) is 0 Å². The number of benzene rings is 2. The number of anilines is 1. The molecule has 0 fully saturated rings. The van der Waals surface area contributed by atoms with Gasteiger partial charge in [0.05, 0.1) is 15.8 Å². The van der Waals surface area contributed by atoms with E-state index in [1.807, 2.05) is 0 Å². The van der Waals surface area contributed by atoms with Crippen LogP contribution in [0.5, 0.6) is 0 Å². The fourth-order valence-corrected chi connectivity index (χ4v) is 2.72. The molecule has 8 nitrogen and oxygen atoms in total. The maximum Gasteiger partial charge on any atom is 0.269 e. The summed E-state index contributed by atoms with van der Waals surface area (Å²) in [5.41, 5.74) is -0.373. The zero-order chi connectivity index (χ0) is 16.3. The summed E-state index contributed by atoms with van der Waals surface area (Å²) in [6.07, 6.45) is 0. The predicted octanol–water partition coefficient (Wildman–Crippen LogP) is 0.759. The molecule has 0 heterocycles. The Hall–Kier alpha value is -2.94. The number of nitrogens with zero attached hydrogens (tertiary/aromatic N) is 1. The molecule has 22 heavy (non-hydrogen) atoms. The minimum atomic E-state index is -3.98. The lowest BCUT2D eigenvalue weighted by atomic mass is 10.2. The molecule has 1 N–H and O–H groups in total. The summed E-state index contributed by atoms with van der Waals surface area (Å²) in [5.74, 6) is -1.43. The van der Waals surface area contributed by atoms with Gasteiger partial charge in [-0.15, -0.1) is 0 Å². The molecule has 0 unspecified atom stereocenters. The number of nitro benzene ring substituents is 1. The minimum Gasteiger partial charge on any atom is -0.545 e. The van der Waals surface area contributed by atoms with E-state index in [0.29, 0.717) is 0 Å². The summed E-state index contributed by atoms with van der Waals surface area (Å²) in [6.45, 7) is 0. The van der Waals surface area contributed by atoms with Gasteiger partial charge in [-0.05, 0) is 29.8 Å². The molecule has 0 atom stereocenters. The topological polar surface area (TPSA) is 129 Å². The highest BCUT2D eigenvalue weighted by Gasteiger charge is 2.16. The first-order valence-corrected chi connectivity index (χ1v) is 7.36. The molecule has 0 spiro atoms. The van der Waals surface area contributed by atoms with E-state index in [9.17, 15) is 28.4 Å². The van der Waals surface area contributed by atoms with Crippen molar-refractivity contribution in [3.05, 3.63) is 64.2 Å². The van der Waals surface area contributed by atoms with Gasteiger partial charge in [-0.25, -0.2) is 8.42 Å². The van der Waals surface area contributed by atoms with E-state index in [2.05, 4.69) is 4.72 Å². The summed E-state index contributed by atoms with van der Waals surface area (Å²) < 4.78 is 26.4. The highest BCUT2D eigenvalue weighted by Crippen LogP contribution is 2.19. The predicted molar refractivity (Wildman–Crippen MR) is 74.7 cm³/mol. The lowest BCUT2D eigenvalue weighted by Gasteiger charge is -2.10. The van der Waals surface area contributed by atoms with Crippen LogP contribution >= 0.6 is 0 Å². The van der Waals surface area contributed by atoms with Crippen LogP contribution in [0.15, 0.2) is 53.4 Å². The van der Waals surface area contributed by atoms with Crippen molar-refractivity contribution in [3.63, 3.8) is 0 Å². The fourth-order valence-electron chi connectivity index (χ4n) is 1.67. The maximum atomic E-state index is 12.1. The number of sulfonamides is 1. The summed E-state index contributed by atoms with van der Waals surface area (Å²) >= 11 is 0. The molecule has 2 aromatic carbocycles. The monoisotopic (exact) mass is 321 g/mol. The van der Waals surface area contributed by atoms with Gasteiger partial charge in [-0.3, -0.25) is 14.8 Å². The number of hydrogen-bond donors (Lipinski definition) is 1. The molecule has 2 aromatic rings. The number of carbonyl (C=O) groups excluding carboxylic acids is 1. The smallest absolute Gasteiger partial charge is 0.269 e. The SMILES string of the molecule is O=C([O-])c1cccc(NS(=O)(=O)c2ccc([N+](=O)[O-])cc2)c1. The van der Waals surface area contributed by atoms with E-state index in [-0.39, 0.29) is 21.8 Å². The van der Waals surface area contributed by atoms with Crippen LogP contribution < -0.4 is 9.83 Å². The van der Waals surface area contributed by atoms with Crippen molar-refractivity contribution in [2.75, 3.05) is 4.72 Å². The second-order valence-corrected chi connectivity index (χ2v) is 5.91. The molecule has 0 bridgehead atoms. The fraction of sp³-hybridized carbons (Fsp3) is 0. The van der Waals surface area contributed by atoms with Crippen molar-refractivity contribution in [1.82, 2.24) is 0 Å². The first-order chi connectivity index (χ1) is 10.3. The summed E-state index contributed by atoms with van der Waals surface area (Å²) in [4.78, 5) is 20.4. The Morgan fingerprint density at radius 2 is 1.73 bits per heavy atom. The Balaban J connectivity index is 2.29. The lowest BCUT2D eigenvalue weighted by molar-refractivity contribution is -0.384. The van der Waals surface area contributed by atoms with Crippen LogP contribution in [0.25, 0.3) is 0 Å². The number of aromatic carboxylic acids is 1. The van der Waals surface area contributed by atoms with Gasteiger partial charge in [0, 0.05) is 17.8 Å². The van der Waals surface area contributed by atoms with Crippen molar-refractivity contribution in [2.45, 2.75) is 4.90 Å². The van der Waals surface area contributed by atoms with Crippen LogP contribution in [0.3, 0.4) is 0 Å². The van der Waals surface area contributed by atoms with Crippen LogP contribution in [0.1, 0.15) is 10.4 Å². The molecule has 0 aliphatic heterocycles. The largest absolute Gasteiger partial charge is 0.545 e. The van der Waals surface area contributed by atoms with Crippen LogP contribution in [-0.4, -0.2) is 19.3 Å². The summed E-state index contributed by atoms with van der Waals surface area (Å²) in [7, 11) is -3.98. The average molecular weight is 321 g/mol. The van der Waals surface area contributed by atoms with Gasteiger partial charge >= 0.3 is 0 Å². The van der Waals surface area contributed by atoms with Crippen LogP contribution in [0.2, 0.25) is 0 Å². The third-order valence-corrected chi connectivity index (χ3v) is 4.11. The Morgan fingerprint density at radius 3 is 2.27 bits per heavy atom. The number of nitro groups is 1. The number of hydrogen-bond acceptors (Lipinski definition) is 6. The van der Waals surface area contributed by atoms with E-state index >= 15 is 0 Å². The molecule has 9 heteroatoms. The zero-order valence-corrected chi connectivity index (χ0v) is 11.7. The van der Waals surface area contributed by atoms with Gasteiger partial charge in [0.25, 0.3) is 15.7 Å². The van der Waals surface area contributed by atoms with Gasteiger partial charge in [-0.1, -0.05) is 12.1 Å². The molecule has 0 aromatic heterocycles. The molecule has 0 aliphatic carbocycles. The van der Waals surface area contributed by atoms with Gasteiger partial charge in [0.15, 0.2) is 0 Å². The first-order valence-electron chi connectivity index (χ1n) is 5.88. The molecule has 0 aliphatic rings. The number of carboxylic acids is 1. The van der Waals surface area contributed by atoms with E-state index in [4.69, 9.17) is 0 Å². The van der Waals surface area contributed by atoms with E-state index in [1.165, 1.54) is 18.2 Å². The van der Waals surface area contributed by atoms with Gasteiger partial charge in [0.2, 0.25) is 0 Å². The van der Waals surface area contributed by atoms with Crippen molar-refractivity contribution in [3.8, 4) is 0 Å². The quantitative estimate of drug-likeness (QED) is 0.639. The average Bonchev–Trinajstić information content (AvgIpc) is 2.47. The first kappa shape index (κ1) is 15.4. The highest BCUT2D eigenvalue weighted by molar-refractivity contribution is 7.92. The second kappa shape index (κ2) is 5.82. The highest BCUT2D eigenvalue weighted by atomic mass is 32.2. The number of rotatable bonds is 5. The van der Waals surface area contributed by atoms with E-state index < -0.39 is 20.9 Å². The molecule has 114 valence electrons. The minimum absolute atomic E-state index is 0.0417. The molecule has 0 saturated heterocycles. The molecular weight excluding hydrogens is 312 g/mol. The van der Waals surface area contributed by atoms with Crippen molar-refractivity contribution < 1.29 is 23.2 Å². The van der Waals surface area contributed by atoms with Crippen molar-refractivity contribution >= 4 is 27.4 Å². The number of carbonyl (C=O) groups is 1. The van der Waals surface area contributed by atoms with Crippen LogP contribution in [-0.2, 0) is 10.0 Å². The number of carboxylic acid groups (broad SMARTS) is 1. The summed E-state index contributed by atoms with van der Waals surface area (Å²) in [5, 5.41) is 21.3. The Bertz CT molecular complexity index is 830. The Kier molecular flexibility index (Phi) is 4.08. The number of non-ortho nitro benzene ring substituents is 1. The molecule has 0 saturated carbocycles. The van der Waals surface area contributed by atoms with E-state index in [1.54, 1.807) is 0 Å².